The maximum absolute atomic E-state index is 12.1. The number of anilines is 2. The zero-order chi connectivity index (χ0) is 14.3. The van der Waals surface area contributed by atoms with Gasteiger partial charge in [0.15, 0.2) is 0 Å². The summed E-state index contributed by atoms with van der Waals surface area (Å²) in [4.78, 5) is 25.8. The van der Waals surface area contributed by atoms with Gasteiger partial charge >= 0.3 is 0 Å². The summed E-state index contributed by atoms with van der Waals surface area (Å²) in [5.41, 5.74) is 3.10. The van der Waals surface area contributed by atoms with Gasteiger partial charge in [0, 0.05) is 18.4 Å². The molecule has 0 saturated carbocycles. The highest BCUT2D eigenvalue weighted by Crippen LogP contribution is 2.30. The summed E-state index contributed by atoms with van der Waals surface area (Å²) in [6.45, 7) is 1.74. The number of carbonyl (C=O) groups excluding carboxylic acids is 2. The van der Waals surface area contributed by atoms with Crippen molar-refractivity contribution in [3.8, 4) is 0 Å². The van der Waals surface area contributed by atoms with Crippen molar-refractivity contribution in [3.63, 3.8) is 0 Å². The molecule has 3 rings (SSSR count). The van der Waals surface area contributed by atoms with Crippen LogP contribution in [0.15, 0.2) is 18.2 Å². The predicted octanol–water partition coefficient (Wildman–Crippen LogP) is 1.62. The molecule has 2 aromatic rings. The summed E-state index contributed by atoms with van der Waals surface area (Å²) in [6, 6.07) is 5.46. The Morgan fingerprint density at radius 1 is 1.45 bits per heavy atom. The second-order valence-corrected chi connectivity index (χ2v) is 5.37. The van der Waals surface area contributed by atoms with Crippen LogP contribution < -0.4 is 10.2 Å². The van der Waals surface area contributed by atoms with E-state index in [0.29, 0.717) is 22.7 Å². The third-order valence-electron chi connectivity index (χ3n) is 3.27. The maximum Gasteiger partial charge on any atom is 0.269 e. The highest BCUT2D eigenvalue weighted by Gasteiger charge is 2.24. The molecule has 0 unspecified atom stereocenters. The molecule has 0 radical (unpaired) electrons. The van der Waals surface area contributed by atoms with Crippen LogP contribution in [0, 0.1) is 6.92 Å². The molecule has 2 heterocycles. The molecule has 7 heteroatoms. The number of rotatable bonds is 2. The summed E-state index contributed by atoms with van der Waals surface area (Å²) >= 11 is 1.07. The number of benzene rings is 1. The number of amides is 2. The van der Waals surface area contributed by atoms with Gasteiger partial charge in [0.25, 0.3) is 5.91 Å². The van der Waals surface area contributed by atoms with Crippen molar-refractivity contribution in [3.05, 3.63) is 34.3 Å². The number of nitrogens with one attached hydrogen (secondary N) is 1. The quantitative estimate of drug-likeness (QED) is 0.911. The standard InChI is InChI=1S/C13H12N4O2S/c1-7-12(20-16-15-7)13(19)14-9-3-4-10-8(5-9)6-11(18)17(10)2/h3-5H,6H2,1-2H3,(H,14,19). The van der Waals surface area contributed by atoms with Gasteiger partial charge in [-0.25, -0.2) is 0 Å². The molecule has 6 nitrogen and oxygen atoms in total. The maximum atomic E-state index is 12.1. The Labute approximate surface area is 119 Å². The molecule has 1 aliphatic heterocycles. The molecule has 1 N–H and O–H groups in total. The Balaban J connectivity index is 1.83. The van der Waals surface area contributed by atoms with Crippen molar-refractivity contribution in [2.75, 3.05) is 17.3 Å². The summed E-state index contributed by atoms with van der Waals surface area (Å²) < 4.78 is 3.74. The minimum atomic E-state index is -0.227. The van der Waals surface area contributed by atoms with Gasteiger partial charge in [-0.3, -0.25) is 9.59 Å². The highest BCUT2D eigenvalue weighted by atomic mass is 32.1. The Kier molecular flexibility index (Phi) is 2.98. The number of fused-ring (bicyclic) bond motifs is 1. The Bertz CT molecular complexity index is 710. The SMILES string of the molecule is Cc1nnsc1C(=O)Nc1ccc2c(c1)CC(=O)N2C. The second kappa shape index (κ2) is 4.68. The number of aryl methyl sites for hydroxylation is 1. The zero-order valence-corrected chi connectivity index (χ0v) is 11.8. The fourth-order valence-electron chi connectivity index (χ4n) is 2.18. The molecule has 20 heavy (non-hydrogen) atoms. The van der Waals surface area contributed by atoms with Crippen molar-refractivity contribution < 1.29 is 9.59 Å². The Hall–Kier alpha value is -2.28. The van der Waals surface area contributed by atoms with Gasteiger partial charge < -0.3 is 10.2 Å². The van der Waals surface area contributed by atoms with E-state index in [1.165, 1.54) is 0 Å². The van der Waals surface area contributed by atoms with Crippen LogP contribution in [0.4, 0.5) is 11.4 Å². The fraction of sp³-hybridized carbons (Fsp3) is 0.231. The van der Waals surface area contributed by atoms with Crippen molar-refractivity contribution in [2.45, 2.75) is 13.3 Å². The number of carbonyl (C=O) groups is 2. The van der Waals surface area contributed by atoms with E-state index in [9.17, 15) is 9.59 Å². The first-order chi connectivity index (χ1) is 9.56. The molecular weight excluding hydrogens is 276 g/mol. The number of aromatic nitrogens is 2. The zero-order valence-electron chi connectivity index (χ0n) is 11.0. The van der Waals surface area contributed by atoms with Gasteiger partial charge in [0.1, 0.15) is 4.88 Å². The molecule has 1 aliphatic rings. The van der Waals surface area contributed by atoms with E-state index in [0.717, 1.165) is 22.8 Å². The van der Waals surface area contributed by atoms with Crippen LogP contribution in [0.2, 0.25) is 0 Å². The molecule has 0 spiro atoms. The monoisotopic (exact) mass is 288 g/mol. The minimum Gasteiger partial charge on any atom is -0.321 e. The summed E-state index contributed by atoms with van der Waals surface area (Å²) in [5.74, 6) is -0.166. The predicted molar refractivity (Wildman–Crippen MR) is 76.2 cm³/mol. The van der Waals surface area contributed by atoms with Gasteiger partial charge in [-0.2, -0.15) is 0 Å². The summed E-state index contributed by atoms with van der Waals surface area (Å²) in [5, 5.41) is 6.62. The number of hydrogen-bond acceptors (Lipinski definition) is 5. The van der Waals surface area contributed by atoms with Crippen LogP contribution in [0.25, 0.3) is 0 Å². The lowest BCUT2D eigenvalue weighted by Gasteiger charge is -2.10. The van der Waals surface area contributed by atoms with Crippen molar-refractivity contribution in [1.29, 1.82) is 0 Å². The Morgan fingerprint density at radius 2 is 2.25 bits per heavy atom. The number of hydrogen-bond donors (Lipinski definition) is 1. The average molecular weight is 288 g/mol. The second-order valence-electron chi connectivity index (χ2n) is 4.61. The third kappa shape index (κ3) is 2.05. The van der Waals surface area contributed by atoms with Gasteiger partial charge in [-0.05, 0) is 42.2 Å². The average Bonchev–Trinajstić information content (AvgIpc) is 2.95. The number of nitrogens with zero attached hydrogens (tertiary/aromatic N) is 3. The van der Waals surface area contributed by atoms with Gasteiger partial charge in [-0.15, -0.1) is 5.10 Å². The summed E-state index contributed by atoms with van der Waals surface area (Å²) in [6.07, 6.45) is 0.372. The fourth-order valence-corrected chi connectivity index (χ4v) is 2.73. The van der Waals surface area contributed by atoms with Crippen LogP contribution in [-0.2, 0) is 11.2 Å². The smallest absolute Gasteiger partial charge is 0.269 e. The van der Waals surface area contributed by atoms with Crippen molar-refractivity contribution >= 4 is 34.7 Å². The largest absolute Gasteiger partial charge is 0.321 e. The minimum absolute atomic E-state index is 0.0611. The van der Waals surface area contributed by atoms with E-state index in [1.54, 1.807) is 24.9 Å². The first kappa shape index (κ1) is 12.7. The van der Waals surface area contributed by atoms with E-state index in [2.05, 4.69) is 14.9 Å². The van der Waals surface area contributed by atoms with Crippen LogP contribution in [0.3, 0.4) is 0 Å². The summed E-state index contributed by atoms with van der Waals surface area (Å²) in [7, 11) is 1.75. The first-order valence-electron chi connectivity index (χ1n) is 6.06. The van der Waals surface area contributed by atoms with Crippen LogP contribution in [0.5, 0.6) is 0 Å². The highest BCUT2D eigenvalue weighted by molar-refractivity contribution is 7.08. The van der Waals surface area contributed by atoms with E-state index >= 15 is 0 Å². The molecule has 1 aromatic heterocycles. The van der Waals surface area contributed by atoms with Crippen LogP contribution >= 0.6 is 11.5 Å². The molecule has 0 fully saturated rings. The molecule has 0 saturated heterocycles. The van der Waals surface area contributed by atoms with Crippen LogP contribution in [-0.4, -0.2) is 28.4 Å². The topological polar surface area (TPSA) is 75.2 Å². The normalized spacial score (nSPS) is 13.5. The Morgan fingerprint density at radius 3 is 2.95 bits per heavy atom. The molecule has 102 valence electrons. The molecule has 2 amide bonds. The van der Waals surface area contributed by atoms with Gasteiger partial charge in [-0.1, -0.05) is 4.49 Å². The van der Waals surface area contributed by atoms with Crippen molar-refractivity contribution in [2.24, 2.45) is 0 Å². The van der Waals surface area contributed by atoms with Gasteiger partial charge in [0.05, 0.1) is 12.1 Å². The lowest BCUT2D eigenvalue weighted by molar-refractivity contribution is -0.117. The number of likely N-dealkylation sites (N-methyl/N-ethyl adjacent to an activating group) is 1. The molecular formula is C13H12N4O2S. The van der Waals surface area contributed by atoms with Gasteiger partial charge in [0.2, 0.25) is 5.91 Å². The lowest BCUT2D eigenvalue weighted by atomic mass is 10.1. The third-order valence-corrected chi connectivity index (χ3v) is 4.10. The van der Waals surface area contributed by atoms with E-state index in [4.69, 9.17) is 0 Å². The van der Waals surface area contributed by atoms with E-state index in [1.807, 2.05) is 12.1 Å². The molecule has 0 bridgehead atoms. The van der Waals surface area contributed by atoms with E-state index in [-0.39, 0.29) is 11.8 Å². The lowest BCUT2D eigenvalue weighted by Crippen LogP contribution is -2.20. The molecule has 1 aromatic carbocycles. The van der Waals surface area contributed by atoms with E-state index < -0.39 is 0 Å². The van der Waals surface area contributed by atoms with Crippen LogP contribution in [0.1, 0.15) is 20.9 Å². The molecule has 0 atom stereocenters. The molecule has 0 aliphatic carbocycles. The first-order valence-corrected chi connectivity index (χ1v) is 6.83. The van der Waals surface area contributed by atoms with Crippen molar-refractivity contribution in [1.82, 2.24) is 9.59 Å².